The summed E-state index contributed by atoms with van der Waals surface area (Å²) in [6, 6.07) is 25.3. The van der Waals surface area contributed by atoms with Gasteiger partial charge in [-0.3, -0.25) is 9.44 Å². The molecule has 0 unspecified atom stereocenters. The molecule has 0 aliphatic rings. The summed E-state index contributed by atoms with van der Waals surface area (Å²) in [7, 11) is -9.00. The summed E-state index contributed by atoms with van der Waals surface area (Å²) in [6.45, 7) is -7.83. The van der Waals surface area contributed by atoms with Crippen molar-refractivity contribution in [2.24, 2.45) is 0 Å². The van der Waals surface area contributed by atoms with Gasteiger partial charge in [0.05, 0.1) is 54.8 Å². The molecular weight excluding hydrogens is 1100 g/mol. The summed E-state index contributed by atoms with van der Waals surface area (Å²) >= 11 is 0. The number of hydrogen-bond donors (Lipinski definition) is 6. The van der Waals surface area contributed by atoms with Crippen molar-refractivity contribution >= 4 is 31.7 Å². The lowest BCUT2D eigenvalue weighted by Crippen LogP contribution is -2.22. The fourth-order valence-electron chi connectivity index (χ4n) is 6.99. The van der Waals surface area contributed by atoms with Gasteiger partial charge in [0.15, 0.2) is 46.3 Å². The minimum atomic E-state index is -4.69. The van der Waals surface area contributed by atoms with Crippen molar-refractivity contribution in [3.63, 3.8) is 0 Å². The molecule has 8 aromatic rings. The molecule has 4 aromatic heterocycles. The van der Waals surface area contributed by atoms with Gasteiger partial charge >= 0.3 is 0 Å². The molecule has 6 N–H and O–H groups in total. The van der Waals surface area contributed by atoms with Gasteiger partial charge in [-0.1, -0.05) is 76.1 Å². The van der Waals surface area contributed by atoms with Gasteiger partial charge in [-0.2, -0.15) is 9.97 Å². The summed E-state index contributed by atoms with van der Waals surface area (Å²) in [5, 5.41) is 39.2. The number of aliphatic hydroxyl groups excluding tert-OH is 2. The number of nitrogens with one attached hydrogen (secondary N) is 2. The number of anilines is 2. The summed E-state index contributed by atoms with van der Waals surface area (Å²) in [6.07, 6.45) is 5.64. The van der Waals surface area contributed by atoms with E-state index in [4.69, 9.17) is 42.1 Å². The Labute approximate surface area is 488 Å². The molecule has 432 valence electrons. The van der Waals surface area contributed by atoms with Crippen molar-refractivity contribution in [2.75, 3.05) is 62.2 Å². The monoisotopic (exact) mass is 1170 g/mol. The maximum absolute atomic E-state index is 13.8. The zero-order chi connectivity index (χ0) is 67.5. The van der Waals surface area contributed by atoms with E-state index in [1.165, 1.54) is 49.1 Å². The fourth-order valence-corrected chi connectivity index (χ4v) is 9.00. The van der Waals surface area contributed by atoms with Crippen molar-refractivity contribution in [2.45, 2.75) is 62.0 Å². The van der Waals surface area contributed by atoms with Crippen molar-refractivity contribution in [1.29, 1.82) is 0 Å². The van der Waals surface area contributed by atoms with Crippen molar-refractivity contribution in [3.8, 4) is 69.6 Å². The zero-order valence-corrected chi connectivity index (χ0v) is 45.8. The maximum atomic E-state index is 13.8. The van der Waals surface area contributed by atoms with Crippen LogP contribution in [0.25, 0.3) is 23.3 Å². The van der Waals surface area contributed by atoms with Crippen LogP contribution in [0.4, 0.5) is 11.6 Å². The second kappa shape index (κ2) is 27.7. The Balaban J connectivity index is 0.000000263. The van der Waals surface area contributed by atoms with Crippen molar-refractivity contribution in [3.05, 3.63) is 145 Å². The highest BCUT2D eigenvalue weighted by Gasteiger charge is 2.29. The normalized spacial score (nSPS) is 14.1. The van der Waals surface area contributed by atoms with Crippen molar-refractivity contribution < 1.29 is 79.4 Å². The molecule has 0 saturated carbocycles. The summed E-state index contributed by atoms with van der Waals surface area (Å²) < 4.78 is 172. The molecule has 0 aliphatic carbocycles. The minimum absolute atomic E-state index is 0.0108. The molecule has 0 spiro atoms. The van der Waals surface area contributed by atoms with Gasteiger partial charge < -0.3 is 48.8 Å². The second-order valence-electron chi connectivity index (χ2n) is 17.4. The summed E-state index contributed by atoms with van der Waals surface area (Å²) in [5.74, 6) is -1.84. The van der Waals surface area contributed by atoms with Crippen LogP contribution in [0.1, 0.15) is 66.2 Å². The molecule has 82 heavy (non-hydrogen) atoms. The highest BCUT2D eigenvalue weighted by molar-refractivity contribution is 7.93. The van der Waals surface area contributed by atoms with Gasteiger partial charge in [0.2, 0.25) is 23.1 Å². The molecule has 4 aromatic carbocycles. The Bertz CT molecular complexity index is 4000. The Morgan fingerprint density at radius 1 is 0.512 bits per heavy atom. The van der Waals surface area contributed by atoms with Crippen LogP contribution in [0.3, 0.4) is 0 Å². The molecule has 0 saturated heterocycles. The van der Waals surface area contributed by atoms with Crippen LogP contribution in [0, 0.1) is 0 Å². The van der Waals surface area contributed by atoms with Crippen LogP contribution in [-0.4, -0.2) is 130 Å². The van der Waals surface area contributed by atoms with E-state index in [9.17, 15) is 37.3 Å². The predicted octanol–water partition coefficient (Wildman–Crippen LogP) is 7.13. The molecule has 8 rings (SSSR count). The first-order valence-corrected chi connectivity index (χ1v) is 27.5. The molecule has 26 heteroatoms. The van der Waals surface area contributed by atoms with Gasteiger partial charge in [-0.05, 0) is 85.6 Å². The van der Waals surface area contributed by atoms with E-state index in [2.05, 4.69) is 49.3 Å². The van der Waals surface area contributed by atoms with E-state index in [0.29, 0.717) is 12.4 Å². The predicted molar refractivity (Wildman–Crippen MR) is 301 cm³/mol. The minimum Gasteiger partial charge on any atom is -0.490 e. The van der Waals surface area contributed by atoms with Gasteiger partial charge in [0.1, 0.15) is 13.2 Å². The van der Waals surface area contributed by atoms with E-state index in [1.807, 2.05) is 13.8 Å². The molecule has 0 fully saturated rings. The average molecular weight is 1170 g/mol. The van der Waals surface area contributed by atoms with Crippen LogP contribution in [-0.2, 0) is 30.9 Å². The topological polar surface area (TPSA) is 332 Å². The van der Waals surface area contributed by atoms with E-state index >= 15 is 0 Å². The van der Waals surface area contributed by atoms with Gasteiger partial charge in [0.25, 0.3) is 31.8 Å². The number of ether oxygens (including phenoxy) is 6. The highest BCUT2D eigenvalue weighted by Crippen LogP contribution is 2.43. The van der Waals surface area contributed by atoms with Crippen molar-refractivity contribution in [1.82, 2.24) is 39.9 Å². The number of sulfonamides is 2. The lowest BCUT2D eigenvalue weighted by atomic mass is 9.86. The van der Waals surface area contributed by atoms with E-state index in [-0.39, 0.29) is 88.5 Å². The van der Waals surface area contributed by atoms with Gasteiger partial charge in [-0.15, -0.1) is 0 Å². The third kappa shape index (κ3) is 15.4. The Morgan fingerprint density at radius 3 is 1.28 bits per heavy atom. The SMILES string of the molecule is [2H]C([2H])(O)COc1nc(-c2ncccn2)nc(NS(=O)(=O)c2ccc(C(C)(C)CO)cc2)c1Oc1ccccc1OCC.[2H]C([2H])([2H])C(c1ccc(S(=O)(=O)Nc2nc(-c3ncccn3)nc(OCCO)c2Oc2ccccc2OCC)cc1)(C([2H])([2H])[2H])C([2H])([2H])O. The lowest BCUT2D eigenvalue weighted by molar-refractivity contribution is 0.192. The first-order valence-electron chi connectivity index (χ1n) is 29.6. The Kier molecular flexibility index (Phi) is 16.2. The third-order valence-corrected chi connectivity index (χ3v) is 13.8. The summed E-state index contributed by atoms with van der Waals surface area (Å²) in [4.78, 5) is 32.9. The molecule has 0 atom stereocenters. The first kappa shape index (κ1) is 48.1. The quantitative estimate of drug-likeness (QED) is 0.0314. The number of aromatic nitrogens is 8. The molecule has 0 bridgehead atoms. The van der Waals surface area contributed by atoms with Crippen LogP contribution in [0.15, 0.2) is 144 Å². The molecule has 4 heterocycles. The fraction of sp³-hybridized carbons (Fsp3) is 0.286. The number of para-hydroxylation sites is 4. The van der Waals surface area contributed by atoms with Crippen LogP contribution in [0.2, 0.25) is 0 Å². The lowest BCUT2D eigenvalue weighted by Gasteiger charge is -2.22. The molecule has 0 radical (unpaired) electrons. The maximum Gasteiger partial charge on any atom is 0.263 e. The van der Waals surface area contributed by atoms with Gasteiger partial charge in [-0.25, -0.2) is 46.7 Å². The van der Waals surface area contributed by atoms with Crippen LogP contribution in [0.5, 0.6) is 46.3 Å². The number of nitrogens with zero attached hydrogens (tertiary/aromatic N) is 8. The number of hydrogen-bond acceptors (Lipinski definition) is 22. The molecule has 0 aliphatic heterocycles. The molecule has 24 nitrogen and oxygen atoms in total. The average Bonchev–Trinajstić information content (AvgIpc) is 0.710. The Hall–Kier alpha value is -8.66. The molecule has 0 amide bonds. The molecular formula is C56H62N10O14S2. The first-order chi connectivity index (χ1) is 43.2. The number of aliphatic hydroxyl groups is 4. The van der Waals surface area contributed by atoms with Crippen LogP contribution >= 0.6 is 0 Å². The summed E-state index contributed by atoms with van der Waals surface area (Å²) in [5.41, 5.74) is -4.02. The van der Waals surface area contributed by atoms with Gasteiger partial charge in [0, 0.05) is 43.8 Å². The standard InChI is InChI=1S/2C28H31N5O7S/c2*1-4-38-21-8-5-6-9-22(21)40-23-24(31-26(25-29-14-7-15-30-25)32-27(23)39-17-16-34)33-41(36,37)20-12-10-19(11-13-20)28(2,3)18-35/h2*5-15,34-35H,4,16-18H2,1-3H3,(H,31,32,33)/i2D3,3D3,18D2;16D2. The highest BCUT2D eigenvalue weighted by atomic mass is 32.2. The number of benzene rings is 4. The third-order valence-electron chi connectivity index (χ3n) is 11.1. The largest absolute Gasteiger partial charge is 0.490 e. The zero-order valence-electron chi connectivity index (χ0n) is 54.2. The van der Waals surface area contributed by atoms with E-state index in [1.54, 1.807) is 74.5 Å². The van der Waals surface area contributed by atoms with E-state index in [0.717, 1.165) is 29.8 Å². The van der Waals surface area contributed by atoms with Crippen LogP contribution < -0.4 is 37.9 Å². The second-order valence-corrected chi connectivity index (χ2v) is 20.7. The van der Waals surface area contributed by atoms with E-state index < -0.39 is 93.1 Å². The number of rotatable bonds is 26. The Morgan fingerprint density at radius 2 is 0.915 bits per heavy atom. The smallest absolute Gasteiger partial charge is 0.263 e.